The molecule has 24 heavy (non-hydrogen) atoms. The van der Waals surface area contributed by atoms with Gasteiger partial charge in [-0.05, 0) is 49.8 Å². The lowest BCUT2D eigenvalue weighted by Crippen LogP contribution is -2.31. The predicted molar refractivity (Wildman–Crippen MR) is 101 cm³/mol. The summed E-state index contributed by atoms with van der Waals surface area (Å²) in [5, 5.41) is 3.33. The molecule has 1 aliphatic heterocycles. The first-order valence-electron chi connectivity index (χ1n) is 8.99. The number of nitrogens with one attached hydrogen (secondary N) is 1. The standard InChI is InChI=1S/C19H27N5/c1-2-3-7-15-8-10-16(11-9-15)23-18-17(20)19(22-14-21-18)24-12-5-4-6-13-24/h8-11,14H,2-7,12-13,20H2,1H3,(H,21,22,23). The quantitative estimate of drug-likeness (QED) is 0.835. The lowest BCUT2D eigenvalue weighted by atomic mass is 10.1. The Kier molecular flexibility index (Phi) is 5.51. The average Bonchev–Trinajstić information content (AvgIpc) is 2.63. The predicted octanol–water partition coefficient (Wildman–Crippen LogP) is 4.14. The molecule has 2 aromatic rings. The van der Waals surface area contributed by atoms with E-state index in [2.05, 4.69) is 51.4 Å². The number of nitrogens with two attached hydrogens (primary N) is 1. The maximum atomic E-state index is 6.33. The number of piperidine rings is 1. The summed E-state index contributed by atoms with van der Waals surface area (Å²) in [5.74, 6) is 1.54. The summed E-state index contributed by atoms with van der Waals surface area (Å²) in [7, 11) is 0. The van der Waals surface area contributed by atoms with E-state index in [-0.39, 0.29) is 0 Å². The maximum Gasteiger partial charge on any atom is 0.159 e. The van der Waals surface area contributed by atoms with E-state index in [1.165, 1.54) is 37.7 Å². The summed E-state index contributed by atoms with van der Waals surface area (Å²) in [6, 6.07) is 8.52. The molecule has 0 saturated carbocycles. The van der Waals surface area contributed by atoms with Crippen LogP contribution in [0.4, 0.5) is 23.0 Å². The number of unbranched alkanes of at least 4 members (excludes halogenated alkanes) is 1. The molecule has 0 amide bonds. The molecule has 5 nitrogen and oxygen atoms in total. The van der Waals surface area contributed by atoms with Gasteiger partial charge in [0.05, 0.1) is 0 Å². The molecule has 0 bridgehead atoms. The zero-order valence-electron chi connectivity index (χ0n) is 14.5. The molecule has 2 heterocycles. The minimum atomic E-state index is 0.634. The molecular weight excluding hydrogens is 298 g/mol. The van der Waals surface area contributed by atoms with Crippen LogP contribution in [-0.2, 0) is 6.42 Å². The number of benzene rings is 1. The van der Waals surface area contributed by atoms with E-state index in [1.54, 1.807) is 6.33 Å². The number of anilines is 4. The van der Waals surface area contributed by atoms with Gasteiger partial charge in [0.1, 0.15) is 12.0 Å². The van der Waals surface area contributed by atoms with Crippen LogP contribution in [0.5, 0.6) is 0 Å². The van der Waals surface area contributed by atoms with Crippen molar-refractivity contribution in [3.05, 3.63) is 36.2 Å². The van der Waals surface area contributed by atoms with Gasteiger partial charge in [-0.25, -0.2) is 9.97 Å². The Morgan fingerprint density at radius 1 is 1.08 bits per heavy atom. The molecule has 1 saturated heterocycles. The van der Waals surface area contributed by atoms with Crippen molar-refractivity contribution >= 4 is 23.0 Å². The van der Waals surface area contributed by atoms with Crippen LogP contribution in [0.25, 0.3) is 0 Å². The van der Waals surface area contributed by atoms with Gasteiger partial charge in [-0.1, -0.05) is 25.5 Å². The number of hydrogen-bond acceptors (Lipinski definition) is 5. The van der Waals surface area contributed by atoms with Crippen molar-refractivity contribution in [1.29, 1.82) is 0 Å². The minimum Gasteiger partial charge on any atom is -0.393 e. The fraction of sp³-hybridized carbons (Fsp3) is 0.474. The summed E-state index contributed by atoms with van der Waals surface area (Å²) in [6.45, 7) is 4.26. The number of aromatic nitrogens is 2. The molecule has 1 aromatic carbocycles. The van der Waals surface area contributed by atoms with Crippen molar-refractivity contribution in [2.24, 2.45) is 0 Å². The third-order valence-electron chi connectivity index (χ3n) is 4.55. The van der Waals surface area contributed by atoms with Gasteiger partial charge < -0.3 is 16.0 Å². The highest BCUT2D eigenvalue weighted by Gasteiger charge is 2.17. The van der Waals surface area contributed by atoms with Crippen molar-refractivity contribution in [3.8, 4) is 0 Å². The molecule has 0 aliphatic carbocycles. The first kappa shape index (κ1) is 16.6. The van der Waals surface area contributed by atoms with Crippen LogP contribution in [0.3, 0.4) is 0 Å². The molecule has 1 aliphatic rings. The van der Waals surface area contributed by atoms with E-state index in [1.807, 2.05) is 0 Å². The lowest BCUT2D eigenvalue weighted by molar-refractivity contribution is 0.574. The summed E-state index contributed by atoms with van der Waals surface area (Å²) < 4.78 is 0. The highest BCUT2D eigenvalue weighted by molar-refractivity contribution is 5.78. The summed E-state index contributed by atoms with van der Waals surface area (Å²) in [4.78, 5) is 11.0. The number of hydrogen-bond donors (Lipinski definition) is 2. The molecule has 128 valence electrons. The van der Waals surface area contributed by atoms with Crippen molar-refractivity contribution in [2.45, 2.75) is 45.4 Å². The molecule has 1 fully saturated rings. The van der Waals surface area contributed by atoms with E-state index < -0.39 is 0 Å². The third kappa shape index (κ3) is 3.96. The molecule has 3 rings (SSSR count). The summed E-state index contributed by atoms with van der Waals surface area (Å²) in [6.07, 6.45) is 8.86. The van der Waals surface area contributed by atoms with Crippen LogP contribution < -0.4 is 16.0 Å². The highest BCUT2D eigenvalue weighted by Crippen LogP contribution is 2.30. The number of nitrogen functional groups attached to an aromatic ring is 1. The second-order valence-electron chi connectivity index (χ2n) is 6.43. The maximum absolute atomic E-state index is 6.33. The average molecular weight is 325 g/mol. The Balaban J connectivity index is 1.72. The van der Waals surface area contributed by atoms with Gasteiger partial charge in [0.2, 0.25) is 0 Å². The normalized spacial score (nSPS) is 14.6. The lowest BCUT2D eigenvalue weighted by Gasteiger charge is -2.28. The zero-order chi connectivity index (χ0) is 16.8. The number of nitrogens with zero attached hydrogens (tertiary/aromatic N) is 3. The Morgan fingerprint density at radius 3 is 2.54 bits per heavy atom. The minimum absolute atomic E-state index is 0.634. The van der Waals surface area contributed by atoms with Crippen LogP contribution >= 0.6 is 0 Å². The summed E-state index contributed by atoms with van der Waals surface area (Å²) in [5.41, 5.74) is 9.33. The van der Waals surface area contributed by atoms with Crippen LogP contribution in [-0.4, -0.2) is 23.1 Å². The molecular formula is C19H27N5. The van der Waals surface area contributed by atoms with E-state index >= 15 is 0 Å². The van der Waals surface area contributed by atoms with Crippen LogP contribution in [0.15, 0.2) is 30.6 Å². The van der Waals surface area contributed by atoms with E-state index in [4.69, 9.17) is 5.73 Å². The Labute approximate surface area is 144 Å². The molecule has 0 radical (unpaired) electrons. The van der Waals surface area contributed by atoms with Crippen LogP contribution in [0, 0.1) is 0 Å². The number of aryl methyl sites for hydroxylation is 1. The monoisotopic (exact) mass is 325 g/mol. The highest BCUT2D eigenvalue weighted by atomic mass is 15.2. The van der Waals surface area contributed by atoms with Crippen LogP contribution in [0.2, 0.25) is 0 Å². The number of rotatable bonds is 6. The van der Waals surface area contributed by atoms with Crippen molar-refractivity contribution < 1.29 is 0 Å². The van der Waals surface area contributed by atoms with Gasteiger partial charge in [0.25, 0.3) is 0 Å². The van der Waals surface area contributed by atoms with E-state index in [9.17, 15) is 0 Å². The second-order valence-corrected chi connectivity index (χ2v) is 6.43. The van der Waals surface area contributed by atoms with E-state index in [0.29, 0.717) is 11.5 Å². The fourth-order valence-corrected chi connectivity index (χ4v) is 3.12. The molecule has 0 spiro atoms. The van der Waals surface area contributed by atoms with Crippen molar-refractivity contribution in [1.82, 2.24) is 9.97 Å². The Bertz CT molecular complexity index is 647. The molecule has 1 aromatic heterocycles. The fourth-order valence-electron chi connectivity index (χ4n) is 3.12. The van der Waals surface area contributed by atoms with Gasteiger partial charge in [-0.15, -0.1) is 0 Å². The molecule has 0 unspecified atom stereocenters. The van der Waals surface area contributed by atoms with E-state index in [0.717, 1.165) is 31.0 Å². The largest absolute Gasteiger partial charge is 0.393 e. The Hall–Kier alpha value is -2.30. The topological polar surface area (TPSA) is 67.1 Å². The van der Waals surface area contributed by atoms with Gasteiger partial charge in [0, 0.05) is 18.8 Å². The van der Waals surface area contributed by atoms with Crippen molar-refractivity contribution in [2.75, 3.05) is 29.0 Å². The van der Waals surface area contributed by atoms with Crippen LogP contribution in [0.1, 0.15) is 44.6 Å². The molecule has 3 N–H and O–H groups in total. The molecule has 0 atom stereocenters. The van der Waals surface area contributed by atoms with Crippen molar-refractivity contribution in [3.63, 3.8) is 0 Å². The van der Waals surface area contributed by atoms with Gasteiger partial charge in [-0.2, -0.15) is 0 Å². The first-order valence-corrected chi connectivity index (χ1v) is 8.99. The third-order valence-corrected chi connectivity index (χ3v) is 4.55. The molecule has 5 heteroatoms. The summed E-state index contributed by atoms with van der Waals surface area (Å²) >= 11 is 0. The second kappa shape index (κ2) is 7.99. The van der Waals surface area contributed by atoms with Gasteiger partial charge >= 0.3 is 0 Å². The zero-order valence-corrected chi connectivity index (χ0v) is 14.5. The first-order chi connectivity index (χ1) is 11.8. The Morgan fingerprint density at radius 2 is 1.83 bits per heavy atom. The SMILES string of the molecule is CCCCc1ccc(Nc2ncnc(N3CCCCC3)c2N)cc1. The van der Waals surface area contributed by atoms with Gasteiger partial charge in [-0.3, -0.25) is 0 Å². The van der Waals surface area contributed by atoms with Gasteiger partial charge in [0.15, 0.2) is 11.6 Å². The smallest absolute Gasteiger partial charge is 0.159 e.